The van der Waals surface area contributed by atoms with Crippen molar-refractivity contribution < 1.29 is 44.3 Å². The number of alkyl halides is 11. The van der Waals surface area contributed by atoms with Gasteiger partial charge in [0.1, 0.15) is 5.82 Å². The third kappa shape index (κ3) is 5.58. The standard InChI is InChI=1S/C16H6Cl4F9N5O/c17-4-1-3(14(21,22)23)2-5(18)7(4)34-11(32-12(35)9(19)20)6-8(15(24,25)26)30-13(16(27,28)29)31-10(6)33-34/h1-2,9-10,33H,(H,32,35). The number of hydrogen-bond acceptors (Lipinski definition) is 5. The number of fused-ring (bicyclic) bond motifs is 1. The predicted molar refractivity (Wildman–Crippen MR) is 109 cm³/mol. The smallest absolute Gasteiger partial charge is 0.308 e. The second-order valence-corrected chi connectivity index (χ2v) is 8.52. The summed E-state index contributed by atoms with van der Waals surface area (Å²) in [7, 11) is 0. The van der Waals surface area contributed by atoms with Gasteiger partial charge in [0.15, 0.2) is 16.7 Å². The molecule has 35 heavy (non-hydrogen) atoms. The summed E-state index contributed by atoms with van der Waals surface area (Å²) in [5, 5.41) is 0.663. The van der Waals surface area contributed by atoms with Crippen LogP contribution in [-0.2, 0) is 11.0 Å². The van der Waals surface area contributed by atoms with E-state index in [4.69, 9.17) is 46.4 Å². The van der Waals surface area contributed by atoms with E-state index in [1.54, 1.807) is 0 Å². The minimum Gasteiger partial charge on any atom is -0.308 e. The number of amides is 1. The summed E-state index contributed by atoms with van der Waals surface area (Å²) in [6.07, 6.45) is -18.0. The van der Waals surface area contributed by atoms with Crippen molar-refractivity contribution in [1.82, 2.24) is 10.7 Å². The number of hydrazine groups is 1. The van der Waals surface area contributed by atoms with Crippen molar-refractivity contribution in [3.05, 3.63) is 39.1 Å². The Labute approximate surface area is 208 Å². The average Bonchev–Trinajstić information content (AvgIpc) is 3.02. The highest BCUT2D eigenvalue weighted by molar-refractivity contribution is 6.53. The summed E-state index contributed by atoms with van der Waals surface area (Å²) in [5.74, 6) is -4.50. The van der Waals surface area contributed by atoms with Crippen LogP contribution in [0.5, 0.6) is 0 Å². The van der Waals surface area contributed by atoms with Gasteiger partial charge in [0, 0.05) is 0 Å². The molecule has 6 nitrogen and oxygen atoms in total. The number of rotatable bonds is 3. The Morgan fingerprint density at radius 2 is 1.51 bits per heavy atom. The molecule has 0 fully saturated rings. The summed E-state index contributed by atoms with van der Waals surface area (Å²) in [5.41, 5.74) is -3.17. The topological polar surface area (TPSA) is 69.1 Å². The number of carbonyl (C=O) groups is 1. The fraction of sp³-hybridized carbons (Fsp3) is 0.312. The first-order valence-electron chi connectivity index (χ1n) is 8.59. The second-order valence-electron chi connectivity index (χ2n) is 6.61. The first-order valence-corrected chi connectivity index (χ1v) is 10.2. The normalized spacial score (nSPS) is 19.1. The Kier molecular flexibility index (Phi) is 7.25. The fourth-order valence-corrected chi connectivity index (χ4v) is 3.69. The summed E-state index contributed by atoms with van der Waals surface area (Å²) in [4.78, 5) is 15.8. The predicted octanol–water partition coefficient (Wildman–Crippen LogP) is 5.77. The summed E-state index contributed by atoms with van der Waals surface area (Å²) >= 11 is 22.6. The third-order valence-corrected chi connectivity index (χ3v) is 5.23. The van der Waals surface area contributed by atoms with E-state index in [9.17, 15) is 44.3 Å². The quantitative estimate of drug-likeness (QED) is 0.344. The number of aliphatic imine (C=N–C) groups is 2. The van der Waals surface area contributed by atoms with Gasteiger partial charge in [-0.3, -0.25) is 9.80 Å². The van der Waals surface area contributed by atoms with Crippen LogP contribution in [0.3, 0.4) is 0 Å². The average molecular weight is 597 g/mol. The van der Waals surface area contributed by atoms with Crippen molar-refractivity contribution in [1.29, 1.82) is 0 Å². The highest BCUT2D eigenvalue weighted by atomic mass is 35.5. The Morgan fingerprint density at radius 1 is 0.971 bits per heavy atom. The molecule has 0 spiro atoms. The number of amidine groups is 1. The zero-order valence-corrected chi connectivity index (χ0v) is 19.0. The van der Waals surface area contributed by atoms with Gasteiger partial charge >= 0.3 is 18.5 Å². The third-order valence-electron chi connectivity index (χ3n) is 4.26. The van der Waals surface area contributed by atoms with Gasteiger partial charge < -0.3 is 5.32 Å². The molecule has 0 aromatic heterocycles. The molecule has 0 aliphatic carbocycles. The van der Waals surface area contributed by atoms with Crippen molar-refractivity contribution >= 4 is 69.5 Å². The number of anilines is 1. The Balaban J connectivity index is 2.28. The monoisotopic (exact) mass is 595 g/mol. The van der Waals surface area contributed by atoms with Crippen LogP contribution >= 0.6 is 46.4 Å². The first kappa shape index (κ1) is 27.6. The van der Waals surface area contributed by atoms with E-state index in [2.05, 4.69) is 15.4 Å². The highest BCUT2D eigenvalue weighted by Gasteiger charge is 2.52. The lowest BCUT2D eigenvalue weighted by molar-refractivity contribution is -0.137. The number of nitrogens with one attached hydrogen (secondary N) is 2. The number of halogens is 13. The SMILES string of the molecule is O=C(NC1=C2C(C(F)(F)F)=NC(C(F)(F)F)=NC2NN1c1c(Cl)cc(C(F)(F)F)cc1Cl)C(Cl)Cl. The minimum atomic E-state index is -5.51. The zero-order chi connectivity index (χ0) is 26.7. The molecule has 1 unspecified atom stereocenters. The molecule has 0 saturated heterocycles. The van der Waals surface area contributed by atoms with Crippen LogP contribution in [0.1, 0.15) is 5.56 Å². The summed E-state index contributed by atoms with van der Waals surface area (Å²) in [6.45, 7) is 0. The van der Waals surface area contributed by atoms with Crippen molar-refractivity contribution in [3.63, 3.8) is 0 Å². The van der Waals surface area contributed by atoms with E-state index in [0.717, 1.165) is 0 Å². The van der Waals surface area contributed by atoms with Crippen LogP contribution < -0.4 is 15.8 Å². The van der Waals surface area contributed by atoms with Crippen molar-refractivity contribution in [2.45, 2.75) is 29.5 Å². The molecule has 0 radical (unpaired) electrons. The van der Waals surface area contributed by atoms with Crippen LogP contribution in [0.2, 0.25) is 10.0 Å². The molecule has 2 aliphatic heterocycles. The lowest BCUT2D eigenvalue weighted by atomic mass is 10.1. The van der Waals surface area contributed by atoms with Gasteiger partial charge in [-0.25, -0.2) is 9.98 Å². The van der Waals surface area contributed by atoms with Gasteiger partial charge in [-0.2, -0.15) is 44.9 Å². The zero-order valence-electron chi connectivity index (χ0n) is 16.0. The largest absolute Gasteiger partial charge is 0.451 e. The van der Waals surface area contributed by atoms with Crippen LogP contribution in [0.4, 0.5) is 45.2 Å². The molecule has 0 saturated carbocycles. The van der Waals surface area contributed by atoms with Crippen molar-refractivity contribution in [2.75, 3.05) is 5.01 Å². The molecule has 19 heteroatoms. The molecule has 3 rings (SSSR count). The fourth-order valence-electron chi connectivity index (χ4n) is 2.92. The van der Waals surface area contributed by atoms with E-state index in [1.165, 1.54) is 0 Å². The number of benzene rings is 1. The lowest BCUT2D eigenvalue weighted by Crippen LogP contribution is -2.44. The maximum absolute atomic E-state index is 13.7. The molecule has 1 aromatic carbocycles. The molecule has 192 valence electrons. The van der Waals surface area contributed by atoms with Gasteiger partial charge in [-0.05, 0) is 12.1 Å². The molecule has 1 atom stereocenters. The van der Waals surface area contributed by atoms with E-state index in [-0.39, 0.29) is 0 Å². The van der Waals surface area contributed by atoms with Gasteiger partial charge in [0.2, 0.25) is 5.84 Å². The maximum Gasteiger partial charge on any atom is 0.451 e. The van der Waals surface area contributed by atoms with Crippen molar-refractivity contribution in [2.24, 2.45) is 9.98 Å². The van der Waals surface area contributed by atoms with Crippen LogP contribution in [0.25, 0.3) is 0 Å². The Bertz CT molecular complexity index is 1130. The van der Waals surface area contributed by atoms with Crippen LogP contribution in [-0.4, -0.2) is 40.8 Å². The Morgan fingerprint density at radius 3 is 1.94 bits per heavy atom. The van der Waals surface area contributed by atoms with E-state index < -0.39 is 79.7 Å². The van der Waals surface area contributed by atoms with E-state index in [0.29, 0.717) is 17.1 Å². The molecular weight excluding hydrogens is 591 g/mol. The molecule has 2 aliphatic rings. The molecule has 2 N–H and O–H groups in total. The van der Waals surface area contributed by atoms with Crippen LogP contribution in [0, 0.1) is 0 Å². The molecule has 0 bridgehead atoms. The van der Waals surface area contributed by atoms with Gasteiger partial charge in [-0.15, -0.1) is 0 Å². The number of hydrogen-bond donors (Lipinski definition) is 2. The lowest BCUT2D eigenvalue weighted by Gasteiger charge is -2.26. The van der Waals surface area contributed by atoms with Gasteiger partial charge in [0.25, 0.3) is 5.91 Å². The molecular formula is C16H6Cl4F9N5O. The molecule has 1 aromatic rings. The number of carbonyl (C=O) groups excluding carboxylic acids is 1. The minimum absolute atomic E-state index is 0.353. The molecule has 2 heterocycles. The molecule has 1 amide bonds. The summed E-state index contributed by atoms with van der Waals surface area (Å²) < 4.78 is 120. The Hall–Kier alpha value is -1.94. The number of nitrogens with zero attached hydrogens (tertiary/aromatic N) is 3. The highest BCUT2D eigenvalue weighted by Crippen LogP contribution is 2.44. The van der Waals surface area contributed by atoms with E-state index >= 15 is 0 Å². The van der Waals surface area contributed by atoms with Gasteiger partial charge in [-0.1, -0.05) is 46.4 Å². The van der Waals surface area contributed by atoms with Crippen LogP contribution in [0.15, 0.2) is 33.5 Å². The van der Waals surface area contributed by atoms with Crippen molar-refractivity contribution in [3.8, 4) is 0 Å². The first-order chi connectivity index (χ1) is 15.8. The second kappa shape index (κ2) is 9.18. The summed E-state index contributed by atoms with van der Waals surface area (Å²) in [6, 6.07) is 0.706. The van der Waals surface area contributed by atoms with Gasteiger partial charge in [0.05, 0.1) is 26.9 Å². The van der Waals surface area contributed by atoms with E-state index in [1.807, 2.05) is 5.32 Å². The maximum atomic E-state index is 13.7.